The average Bonchev–Trinajstić information content (AvgIpc) is 2.98. The maximum atomic E-state index is 11.7. The van der Waals surface area contributed by atoms with E-state index in [1.165, 1.54) is 18.8 Å². The van der Waals surface area contributed by atoms with Crippen molar-refractivity contribution >= 4 is 17.5 Å². The highest BCUT2D eigenvalue weighted by Crippen LogP contribution is 2.34. The fourth-order valence-electron chi connectivity index (χ4n) is 1.79. The summed E-state index contributed by atoms with van der Waals surface area (Å²) in [5, 5.41) is 3.24. The number of nitrogens with one attached hydrogen (secondary N) is 1. The molecular weight excluding hydrogens is 226 g/mol. The van der Waals surface area contributed by atoms with E-state index < -0.39 is 0 Å². The van der Waals surface area contributed by atoms with Gasteiger partial charge in [-0.2, -0.15) is 0 Å². The van der Waals surface area contributed by atoms with Crippen LogP contribution in [0.3, 0.4) is 0 Å². The van der Waals surface area contributed by atoms with E-state index in [4.69, 9.17) is 11.6 Å². The van der Waals surface area contributed by atoms with Crippen LogP contribution in [0.25, 0.3) is 0 Å². The van der Waals surface area contributed by atoms with Crippen LogP contribution < -0.4 is 5.32 Å². The van der Waals surface area contributed by atoms with Gasteiger partial charge in [-0.25, -0.2) is 9.97 Å². The molecule has 2 atom stereocenters. The van der Waals surface area contributed by atoms with Gasteiger partial charge in [-0.1, -0.05) is 24.9 Å². The summed E-state index contributed by atoms with van der Waals surface area (Å²) in [5.74, 6) is 0.488. The second kappa shape index (κ2) is 4.78. The van der Waals surface area contributed by atoms with Crippen LogP contribution >= 0.6 is 11.6 Å². The zero-order valence-electron chi connectivity index (χ0n) is 9.11. The van der Waals surface area contributed by atoms with Crippen molar-refractivity contribution in [3.63, 3.8) is 0 Å². The summed E-state index contributed by atoms with van der Waals surface area (Å²) < 4.78 is 0. The number of rotatable bonds is 4. The molecule has 1 heterocycles. The van der Waals surface area contributed by atoms with Gasteiger partial charge in [-0.3, -0.25) is 4.79 Å². The molecule has 1 saturated carbocycles. The van der Waals surface area contributed by atoms with E-state index in [0.29, 0.717) is 22.8 Å². The summed E-state index contributed by atoms with van der Waals surface area (Å²) in [7, 11) is 0. The first-order valence-electron chi connectivity index (χ1n) is 5.49. The lowest BCUT2D eigenvalue weighted by molar-refractivity contribution is 0.0943. The van der Waals surface area contributed by atoms with Gasteiger partial charge in [-0.05, 0) is 18.8 Å². The summed E-state index contributed by atoms with van der Waals surface area (Å²) in [6.07, 6.45) is 6.21. The molecular formula is C11H14ClN3O. The third kappa shape index (κ3) is 2.70. The highest BCUT2D eigenvalue weighted by molar-refractivity contribution is 6.29. The Morgan fingerprint density at radius 2 is 2.38 bits per heavy atom. The predicted octanol–water partition coefficient (Wildman–Crippen LogP) is 2.05. The zero-order valence-corrected chi connectivity index (χ0v) is 9.87. The molecule has 1 amide bonds. The number of carbonyl (C=O) groups is 1. The van der Waals surface area contributed by atoms with Crippen LogP contribution in [-0.4, -0.2) is 21.9 Å². The molecule has 1 aromatic rings. The van der Waals surface area contributed by atoms with E-state index in [9.17, 15) is 4.79 Å². The Kier molecular flexibility index (Phi) is 3.39. The topological polar surface area (TPSA) is 54.9 Å². The minimum absolute atomic E-state index is 0.159. The van der Waals surface area contributed by atoms with Gasteiger partial charge in [0.2, 0.25) is 0 Å². The van der Waals surface area contributed by atoms with Gasteiger partial charge in [0.15, 0.2) is 0 Å². The quantitative estimate of drug-likeness (QED) is 0.875. The minimum atomic E-state index is -0.159. The average molecular weight is 240 g/mol. The molecule has 16 heavy (non-hydrogen) atoms. The Hall–Kier alpha value is -1.16. The molecule has 1 fully saturated rings. The lowest BCUT2D eigenvalue weighted by Gasteiger charge is -2.03. The molecule has 1 aromatic heterocycles. The van der Waals surface area contributed by atoms with E-state index in [2.05, 4.69) is 22.2 Å². The summed E-state index contributed by atoms with van der Waals surface area (Å²) in [6.45, 7) is 2.15. The van der Waals surface area contributed by atoms with E-state index >= 15 is 0 Å². The third-order valence-electron chi connectivity index (χ3n) is 2.75. The second-order valence-electron chi connectivity index (χ2n) is 4.09. The van der Waals surface area contributed by atoms with E-state index in [-0.39, 0.29) is 5.91 Å². The first kappa shape index (κ1) is 11.3. The maximum Gasteiger partial charge on any atom is 0.271 e. The van der Waals surface area contributed by atoms with E-state index in [1.807, 2.05) is 0 Å². The Labute approximate surface area is 99.4 Å². The van der Waals surface area contributed by atoms with Crippen LogP contribution in [0.2, 0.25) is 5.15 Å². The molecule has 86 valence electrons. The smallest absolute Gasteiger partial charge is 0.271 e. The molecule has 4 nitrogen and oxygen atoms in total. The SMILES string of the molecule is CCCC1CC1NC(=O)c1cnc(Cl)cn1. The number of amides is 1. The van der Waals surface area contributed by atoms with Crippen molar-refractivity contribution in [2.24, 2.45) is 5.92 Å². The van der Waals surface area contributed by atoms with Gasteiger partial charge in [0, 0.05) is 6.04 Å². The number of hydrogen-bond acceptors (Lipinski definition) is 3. The number of hydrogen-bond donors (Lipinski definition) is 1. The molecule has 0 aliphatic heterocycles. The summed E-state index contributed by atoms with van der Waals surface area (Å²) in [5.41, 5.74) is 0.326. The molecule has 2 unspecified atom stereocenters. The molecule has 2 rings (SSSR count). The van der Waals surface area contributed by atoms with Gasteiger partial charge >= 0.3 is 0 Å². The van der Waals surface area contributed by atoms with Crippen LogP contribution in [0.5, 0.6) is 0 Å². The first-order valence-corrected chi connectivity index (χ1v) is 5.87. The summed E-state index contributed by atoms with van der Waals surface area (Å²) in [6, 6.07) is 0.324. The van der Waals surface area contributed by atoms with Gasteiger partial charge in [-0.15, -0.1) is 0 Å². The Morgan fingerprint density at radius 1 is 1.56 bits per heavy atom. The van der Waals surface area contributed by atoms with Crippen molar-refractivity contribution in [1.82, 2.24) is 15.3 Å². The zero-order chi connectivity index (χ0) is 11.5. The third-order valence-corrected chi connectivity index (χ3v) is 2.95. The number of aromatic nitrogens is 2. The first-order chi connectivity index (χ1) is 7.70. The number of nitrogens with zero attached hydrogens (tertiary/aromatic N) is 2. The summed E-state index contributed by atoms with van der Waals surface area (Å²) >= 11 is 5.59. The van der Waals surface area contributed by atoms with E-state index in [1.54, 1.807) is 0 Å². The predicted molar refractivity (Wildman–Crippen MR) is 61.3 cm³/mol. The molecule has 1 aliphatic rings. The van der Waals surface area contributed by atoms with Crippen molar-refractivity contribution in [1.29, 1.82) is 0 Å². The monoisotopic (exact) mass is 239 g/mol. The minimum Gasteiger partial charge on any atom is -0.348 e. The Morgan fingerprint density at radius 3 is 3.00 bits per heavy atom. The molecule has 5 heteroatoms. The van der Waals surface area contributed by atoms with Crippen molar-refractivity contribution in [2.75, 3.05) is 0 Å². The summed E-state index contributed by atoms with van der Waals surface area (Å²) in [4.78, 5) is 19.4. The highest BCUT2D eigenvalue weighted by Gasteiger charge is 2.37. The second-order valence-corrected chi connectivity index (χ2v) is 4.48. The Balaban J connectivity index is 1.87. The fourth-order valence-corrected chi connectivity index (χ4v) is 1.88. The molecule has 1 aliphatic carbocycles. The van der Waals surface area contributed by atoms with Crippen molar-refractivity contribution in [2.45, 2.75) is 32.2 Å². The van der Waals surface area contributed by atoms with Crippen LogP contribution in [0.15, 0.2) is 12.4 Å². The number of carbonyl (C=O) groups excluding carboxylic acids is 1. The van der Waals surface area contributed by atoms with Crippen molar-refractivity contribution in [3.8, 4) is 0 Å². The number of halogens is 1. The van der Waals surface area contributed by atoms with Gasteiger partial charge in [0.05, 0.1) is 12.4 Å². The standard InChI is InChI=1S/C11H14ClN3O/c1-2-3-7-4-8(7)15-11(16)9-5-14-10(12)6-13-9/h5-8H,2-4H2,1H3,(H,15,16). The van der Waals surface area contributed by atoms with Gasteiger partial charge in [0.25, 0.3) is 5.91 Å². The molecule has 0 radical (unpaired) electrons. The van der Waals surface area contributed by atoms with Crippen LogP contribution in [-0.2, 0) is 0 Å². The van der Waals surface area contributed by atoms with Crippen molar-refractivity contribution in [3.05, 3.63) is 23.2 Å². The largest absolute Gasteiger partial charge is 0.348 e. The van der Waals surface area contributed by atoms with Crippen molar-refractivity contribution < 1.29 is 4.79 Å². The lowest BCUT2D eigenvalue weighted by Crippen LogP contribution is -2.27. The van der Waals surface area contributed by atoms with Crippen LogP contribution in [0.4, 0.5) is 0 Å². The molecule has 0 bridgehead atoms. The molecule has 1 N–H and O–H groups in total. The molecule has 0 saturated heterocycles. The normalized spacial score (nSPS) is 22.9. The lowest BCUT2D eigenvalue weighted by atomic mass is 10.2. The van der Waals surface area contributed by atoms with Gasteiger partial charge in [0.1, 0.15) is 10.8 Å². The molecule has 0 spiro atoms. The van der Waals surface area contributed by atoms with Crippen LogP contribution in [0.1, 0.15) is 36.7 Å². The van der Waals surface area contributed by atoms with E-state index in [0.717, 1.165) is 12.8 Å². The highest BCUT2D eigenvalue weighted by atomic mass is 35.5. The fraction of sp³-hybridized carbons (Fsp3) is 0.545. The maximum absolute atomic E-state index is 11.7. The Bertz CT molecular complexity index is 379. The van der Waals surface area contributed by atoms with Gasteiger partial charge < -0.3 is 5.32 Å². The van der Waals surface area contributed by atoms with Crippen LogP contribution in [0, 0.1) is 5.92 Å². The molecule has 0 aromatic carbocycles.